The summed E-state index contributed by atoms with van der Waals surface area (Å²) in [6.45, 7) is 3.58. The zero-order valence-electron chi connectivity index (χ0n) is 16.7. The van der Waals surface area contributed by atoms with Crippen LogP contribution in [0, 0.1) is 6.92 Å². The summed E-state index contributed by atoms with van der Waals surface area (Å²) in [5.74, 6) is -0.795. The predicted octanol–water partition coefficient (Wildman–Crippen LogP) is 2.68. The number of carbonyl (C=O) groups excluding carboxylic acids is 2. The molecule has 156 valence electrons. The van der Waals surface area contributed by atoms with Gasteiger partial charge in [-0.05, 0) is 43.7 Å². The molecular formula is C20H21ClN6O3. The largest absolute Gasteiger partial charge is 0.469 e. The van der Waals surface area contributed by atoms with Crippen LogP contribution >= 0.6 is 11.6 Å². The van der Waals surface area contributed by atoms with Gasteiger partial charge in [-0.25, -0.2) is 9.67 Å². The lowest BCUT2D eigenvalue weighted by Gasteiger charge is -2.20. The maximum atomic E-state index is 12.9. The monoisotopic (exact) mass is 428 g/mol. The summed E-state index contributed by atoms with van der Waals surface area (Å²) in [4.78, 5) is 32.8. The number of hydrogen-bond acceptors (Lipinski definition) is 7. The number of ether oxygens (including phenoxy) is 1. The second kappa shape index (κ2) is 9.45. The SMILES string of the molecule is COC(=O)C[C@H](NC(=O)C(C)n1cc(-c2ccnc(C)c2)nn1)c1ccnc(Cl)c1. The van der Waals surface area contributed by atoms with Gasteiger partial charge in [-0.1, -0.05) is 16.8 Å². The van der Waals surface area contributed by atoms with E-state index in [-0.39, 0.29) is 17.5 Å². The van der Waals surface area contributed by atoms with Gasteiger partial charge in [0.25, 0.3) is 0 Å². The Bertz CT molecular complexity index is 1050. The van der Waals surface area contributed by atoms with Gasteiger partial charge in [0, 0.05) is 23.7 Å². The minimum Gasteiger partial charge on any atom is -0.469 e. The van der Waals surface area contributed by atoms with E-state index in [9.17, 15) is 9.59 Å². The molecule has 0 aliphatic heterocycles. The molecule has 0 saturated carbocycles. The topological polar surface area (TPSA) is 112 Å². The summed E-state index contributed by atoms with van der Waals surface area (Å²) >= 11 is 5.96. The quantitative estimate of drug-likeness (QED) is 0.454. The van der Waals surface area contributed by atoms with E-state index in [4.69, 9.17) is 16.3 Å². The number of methoxy groups -OCH3 is 1. The number of carbonyl (C=O) groups is 2. The lowest BCUT2D eigenvalue weighted by Crippen LogP contribution is -2.35. The maximum Gasteiger partial charge on any atom is 0.307 e. The Labute approximate surface area is 178 Å². The van der Waals surface area contributed by atoms with E-state index in [1.54, 1.807) is 31.5 Å². The van der Waals surface area contributed by atoms with Crippen LogP contribution in [-0.4, -0.2) is 43.9 Å². The number of aromatic nitrogens is 5. The van der Waals surface area contributed by atoms with Crippen LogP contribution in [0.15, 0.2) is 42.9 Å². The highest BCUT2D eigenvalue weighted by atomic mass is 35.5. The zero-order valence-corrected chi connectivity index (χ0v) is 17.5. The highest BCUT2D eigenvalue weighted by Crippen LogP contribution is 2.22. The van der Waals surface area contributed by atoms with Crippen molar-refractivity contribution in [3.8, 4) is 11.3 Å². The minimum absolute atomic E-state index is 0.0474. The van der Waals surface area contributed by atoms with Gasteiger partial charge in [0.15, 0.2) is 0 Å². The van der Waals surface area contributed by atoms with Gasteiger partial charge in [0.1, 0.15) is 16.9 Å². The normalized spacial score (nSPS) is 12.8. The maximum absolute atomic E-state index is 12.9. The van der Waals surface area contributed by atoms with Crippen LogP contribution in [0.4, 0.5) is 0 Å². The number of halogens is 1. The fourth-order valence-corrected chi connectivity index (χ4v) is 3.03. The molecular weight excluding hydrogens is 408 g/mol. The minimum atomic E-state index is -0.661. The third-order valence-corrected chi connectivity index (χ3v) is 4.75. The number of hydrogen-bond donors (Lipinski definition) is 1. The molecule has 0 aliphatic carbocycles. The Morgan fingerprint density at radius 3 is 2.70 bits per heavy atom. The Balaban J connectivity index is 1.77. The smallest absolute Gasteiger partial charge is 0.307 e. The standard InChI is InChI=1S/C20H21ClN6O3/c1-12-8-14(4-6-22-12)17-11-27(26-25-17)13(2)20(29)24-16(10-19(28)30-3)15-5-7-23-18(21)9-15/h4-9,11,13,16H,10H2,1-3H3,(H,24,29)/t13?,16-/m0/s1. The summed E-state index contributed by atoms with van der Waals surface area (Å²) in [5.41, 5.74) is 2.99. The Morgan fingerprint density at radius 1 is 1.23 bits per heavy atom. The molecule has 3 aromatic rings. The Kier molecular flexibility index (Phi) is 6.73. The van der Waals surface area contributed by atoms with E-state index in [1.807, 2.05) is 19.1 Å². The molecule has 0 saturated heterocycles. The van der Waals surface area contributed by atoms with Crippen LogP contribution in [0.3, 0.4) is 0 Å². The first-order valence-corrected chi connectivity index (χ1v) is 9.58. The van der Waals surface area contributed by atoms with Crippen LogP contribution in [-0.2, 0) is 14.3 Å². The van der Waals surface area contributed by atoms with Gasteiger partial charge in [-0.15, -0.1) is 5.10 Å². The van der Waals surface area contributed by atoms with E-state index in [1.165, 1.54) is 18.0 Å². The second-order valence-electron chi connectivity index (χ2n) is 6.70. The molecule has 0 spiro atoms. The van der Waals surface area contributed by atoms with Crippen molar-refractivity contribution >= 4 is 23.5 Å². The number of rotatable bonds is 7. The molecule has 1 unspecified atom stereocenters. The number of nitrogens with one attached hydrogen (secondary N) is 1. The number of aryl methyl sites for hydroxylation is 1. The van der Waals surface area contributed by atoms with Crippen LogP contribution in [0.25, 0.3) is 11.3 Å². The van der Waals surface area contributed by atoms with E-state index < -0.39 is 18.1 Å². The van der Waals surface area contributed by atoms with E-state index in [0.717, 1.165) is 11.3 Å². The molecule has 0 radical (unpaired) electrons. The summed E-state index contributed by atoms with van der Waals surface area (Å²) in [7, 11) is 1.29. The van der Waals surface area contributed by atoms with Crippen molar-refractivity contribution in [2.24, 2.45) is 0 Å². The van der Waals surface area contributed by atoms with Gasteiger partial charge in [-0.3, -0.25) is 14.6 Å². The van der Waals surface area contributed by atoms with E-state index in [0.29, 0.717) is 11.3 Å². The van der Waals surface area contributed by atoms with Crippen molar-refractivity contribution in [3.63, 3.8) is 0 Å². The van der Waals surface area contributed by atoms with Crippen molar-refractivity contribution in [1.29, 1.82) is 0 Å². The van der Waals surface area contributed by atoms with Crippen LogP contribution in [0.5, 0.6) is 0 Å². The molecule has 1 N–H and O–H groups in total. The Hall–Kier alpha value is -3.33. The number of pyridine rings is 2. The van der Waals surface area contributed by atoms with Gasteiger partial charge in [0.2, 0.25) is 5.91 Å². The van der Waals surface area contributed by atoms with Crippen molar-refractivity contribution in [3.05, 3.63) is 59.3 Å². The molecule has 3 rings (SSSR count). The first kappa shape index (κ1) is 21.4. The third-order valence-electron chi connectivity index (χ3n) is 4.55. The summed E-state index contributed by atoms with van der Waals surface area (Å²) in [6, 6.07) is 5.71. The van der Waals surface area contributed by atoms with E-state index >= 15 is 0 Å². The molecule has 2 atom stereocenters. The summed E-state index contributed by atoms with van der Waals surface area (Å²) in [6.07, 6.45) is 4.85. The molecule has 10 heteroatoms. The zero-order chi connectivity index (χ0) is 21.7. The molecule has 3 aromatic heterocycles. The highest BCUT2D eigenvalue weighted by molar-refractivity contribution is 6.29. The van der Waals surface area contributed by atoms with Crippen LogP contribution < -0.4 is 5.32 Å². The first-order valence-electron chi connectivity index (χ1n) is 9.21. The molecule has 0 aliphatic rings. The van der Waals surface area contributed by atoms with E-state index in [2.05, 4.69) is 25.6 Å². The molecule has 1 amide bonds. The van der Waals surface area contributed by atoms with Crippen LogP contribution in [0.1, 0.15) is 36.7 Å². The van der Waals surface area contributed by atoms with Crippen molar-refractivity contribution in [2.45, 2.75) is 32.4 Å². The molecule has 0 aromatic carbocycles. The van der Waals surface area contributed by atoms with Crippen molar-refractivity contribution < 1.29 is 14.3 Å². The first-order chi connectivity index (χ1) is 14.4. The molecule has 0 bridgehead atoms. The predicted molar refractivity (Wildman–Crippen MR) is 109 cm³/mol. The molecule has 9 nitrogen and oxygen atoms in total. The summed E-state index contributed by atoms with van der Waals surface area (Å²) < 4.78 is 6.22. The van der Waals surface area contributed by atoms with Crippen molar-refractivity contribution in [1.82, 2.24) is 30.3 Å². The van der Waals surface area contributed by atoms with Crippen LogP contribution in [0.2, 0.25) is 5.15 Å². The van der Waals surface area contributed by atoms with Gasteiger partial charge < -0.3 is 10.1 Å². The molecule has 0 fully saturated rings. The number of nitrogens with zero attached hydrogens (tertiary/aromatic N) is 5. The lowest BCUT2D eigenvalue weighted by molar-refractivity contribution is -0.141. The fourth-order valence-electron chi connectivity index (χ4n) is 2.85. The van der Waals surface area contributed by atoms with Gasteiger partial charge >= 0.3 is 5.97 Å². The molecule has 30 heavy (non-hydrogen) atoms. The third kappa shape index (κ3) is 5.18. The van der Waals surface area contributed by atoms with Crippen molar-refractivity contribution in [2.75, 3.05) is 7.11 Å². The van der Waals surface area contributed by atoms with Gasteiger partial charge in [0.05, 0.1) is 25.8 Å². The lowest BCUT2D eigenvalue weighted by atomic mass is 10.0. The molecule has 3 heterocycles. The summed E-state index contributed by atoms with van der Waals surface area (Å²) in [5, 5.41) is 11.3. The average Bonchev–Trinajstić information content (AvgIpc) is 3.22. The fraction of sp³-hybridized carbons (Fsp3) is 0.300. The number of esters is 1. The van der Waals surface area contributed by atoms with Gasteiger partial charge in [-0.2, -0.15) is 0 Å². The highest BCUT2D eigenvalue weighted by Gasteiger charge is 2.24. The Morgan fingerprint density at radius 2 is 2.00 bits per heavy atom. The second-order valence-corrected chi connectivity index (χ2v) is 7.09. The number of amides is 1. The average molecular weight is 429 g/mol.